The number of aldehydes is 1. The van der Waals surface area contributed by atoms with E-state index < -0.39 is 110 Å². The molecule has 4 aliphatic heterocycles. The Morgan fingerprint density at radius 3 is 2.17 bits per heavy atom. The van der Waals surface area contributed by atoms with Crippen LogP contribution in [-0.2, 0) is 47.5 Å². The zero-order valence-corrected chi connectivity index (χ0v) is 37.0. The summed E-state index contributed by atoms with van der Waals surface area (Å²) in [5.41, 5.74) is -1.47. The van der Waals surface area contributed by atoms with Crippen molar-refractivity contribution >= 4 is 12.3 Å². The predicted octanol–water partition coefficient (Wildman–Crippen LogP) is 2.33. The van der Waals surface area contributed by atoms with Crippen LogP contribution in [0.3, 0.4) is 0 Å². The minimum atomic E-state index is -1.47. The van der Waals surface area contributed by atoms with Crippen molar-refractivity contribution in [2.45, 2.75) is 190 Å². The van der Waals surface area contributed by atoms with Crippen LogP contribution in [0.15, 0.2) is 24.3 Å². The van der Waals surface area contributed by atoms with Gasteiger partial charge in [-0.1, -0.05) is 31.2 Å². The second-order valence-electron chi connectivity index (χ2n) is 17.8. The number of hydrogen-bond donors (Lipinski definition) is 4. The number of nitrogens with zero attached hydrogens (tertiary/aromatic N) is 2. The lowest BCUT2D eigenvalue weighted by Crippen LogP contribution is -2.65. The minimum absolute atomic E-state index is 0.00885. The van der Waals surface area contributed by atoms with Gasteiger partial charge >= 0.3 is 5.97 Å². The molecule has 340 valence electrons. The standard InChI is InChI=1S/C43H74N2O14/c1-24-21-29(19-20-46)39(59-42-37(49)36(45(9)10)38(27(4)56-42)58-35-23-43(6,51)41(50)28(5)55-35)40(52-11)31(47)22-33(48)53-25(2)15-13-12-14-16-32(24)57-34-18-17-30(44(7)8)26(3)54-34/h12-14,16,20,24-32,34-42,47,49-51H,15,17-19,21-23H2,1-11H3/b13-12+,16-14+/t24?,25?,26?,27?,28?,29-,30?,31?,32-,34?,35-,36?,37?,38+,39+,40?,41?,42-,43-/m1/s1. The van der Waals surface area contributed by atoms with Crippen LogP contribution in [0.5, 0.6) is 0 Å². The fourth-order valence-electron chi connectivity index (χ4n) is 9.10. The van der Waals surface area contributed by atoms with Crippen LogP contribution < -0.4 is 0 Å². The summed E-state index contributed by atoms with van der Waals surface area (Å²) in [7, 11) is 9.03. The number of rotatable bonds is 11. The third-order valence-electron chi connectivity index (χ3n) is 12.4. The molecule has 0 aromatic carbocycles. The maximum Gasteiger partial charge on any atom is 0.308 e. The highest BCUT2D eigenvalue weighted by Gasteiger charge is 2.52. The number of aliphatic hydroxyl groups excluding tert-OH is 3. The molecule has 4 aliphatic rings. The average molecular weight is 843 g/mol. The Morgan fingerprint density at radius 2 is 1.56 bits per heavy atom. The molecule has 0 bridgehead atoms. The van der Waals surface area contributed by atoms with Crippen molar-refractivity contribution in [3.63, 3.8) is 0 Å². The molecule has 0 saturated carbocycles. The second kappa shape index (κ2) is 22.5. The summed E-state index contributed by atoms with van der Waals surface area (Å²) in [4.78, 5) is 29.5. The molecule has 3 fully saturated rings. The molecule has 4 heterocycles. The quantitative estimate of drug-likeness (QED) is 0.175. The lowest BCUT2D eigenvalue weighted by Gasteiger charge is -2.50. The van der Waals surface area contributed by atoms with Crippen molar-refractivity contribution in [2.75, 3.05) is 35.3 Å². The van der Waals surface area contributed by atoms with E-state index in [1.807, 2.05) is 52.2 Å². The second-order valence-corrected chi connectivity index (χ2v) is 17.8. The summed E-state index contributed by atoms with van der Waals surface area (Å²) in [6, 6.07) is -0.466. The van der Waals surface area contributed by atoms with Crippen molar-refractivity contribution in [3.8, 4) is 0 Å². The first-order chi connectivity index (χ1) is 27.8. The maximum atomic E-state index is 13.1. The van der Waals surface area contributed by atoms with Crippen molar-refractivity contribution in [1.29, 1.82) is 0 Å². The van der Waals surface area contributed by atoms with Crippen molar-refractivity contribution in [2.24, 2.45) is 11.8 Å². The van der Waals surface area contributed by atoms with Crippen molar-refractivity contribution in [3.05, 3.63) is 24.3 Å². The number of carbonyl (C=O) groups excluding carboxylic acids is 2. The van der Waals surface area contributed by atoms with Crippen molar-refractivity contribution in [1.82, 2.24) is 9.80 Å². The zero-order chi connectivity index (χ0) is 43.8. The fourth-order valence-corrected chi connectivity index (χ4v) is 9.10. The minimum Gasteiger partial charge on any atom is -0.462 e. The molecule has 59 heavy (non-hydrogen) atoms. The third-order valence-corrected chi connectivity index (χ3v) is 12.4. The van der Waals surface area contributed by atoms with Gasteiger partial charge in [-0.3, -0.25) is 4.79 Å². The topological polar surface area (TPSA) is 195 Å². The van der Waals surface area contributed by atoms with E-state index in [1.54, 1.807) is 39.8 Å². The van der Waals surface area contributed by atoms with Gasteiger partial charge in [0.05, 0.1) is 54.7 Å². The number of ether oxygens (including phenoxy) is 8. The Labute approximate surface area is 351 Å². The summed E-state index contributed by atoms with van der Waals surface area (Å²) in [5, 5.41) is 45.1. The lowest BCUT2D eigenvalue weighted by molar-refractivity contribution is -0.344. The van der Waals surface area contributed by atoms with Gasteiger partial charge < -0.3 is 72.9 Å². The third kappa shape index (κ3) is 13.3. The van der Waals surface area contributed by atoms with Gasteiger partial charge in [-0.15, -0.1) is 0 Å². The van der Waals surface area contributed by atoms with Crippen LogP contribution in [0.25, 0.3) is 0 Å². The number of esters is 1. The van der Waals surface area contributed by atoms with E-state index in [-0.39, 0.29) is 30.9 Å². The van der Waals surface area contributed by atoms with Crippen LogP contribution in [0, 0.1) is 11.8 Å². The number of hydrogen-bond acceptors (Lipinski definition) is 16. The van der Waals surface area contributed by atoms with Crippen LogP contribution in [0.1, 0.15) is 86.5 Å². The molecule has 0 aliphatic carbocycles. The number of cyclic esters (lactones) is 1. The van der Waals surface area contributed by atoms with Gasteiger partial charge in [0.1, 0.15) is 36.8 Å². The van der Waals surface area contributed by atoms with Gasteiger partial charge in [-0.05, 0) is 93.9 Å². The zero-order valence-electron chi connectivity index (χ0n) is 37.0. The molecule has 16 heteroatoms. The van der Waals surface area contributed by atoms with E-state index in [0.29, 0.717) is 19.3 Å². The molecule has 0 amide bonds. The van der Waals surface area contributed by atoms with E-state index in [0.717, 1.165) is 12.7 Å². The average Bonchev–Trinajstić information content (AvgIpc) is 3.13. The summed E-state index contributed by atoms with van der Waals surface area (Å²) in [6.07, 6.45) is -1.56. The smallest absolute Gasteiger partial charge is 0.308 e. The van der Waals surface area contributed by atoms with Crippen LogP contribution in [0.4, 0.5) is 0 Å². The van der Waals surface area contributed by atoms with Gasteiger partial charge in [0.15, 0.2) is 18.9 Å². The maximum absolute atomic E-state index is 13.1. The molecular formula is C43H74N2O14. The van der Waals surface area contributed by atoms with Crippen LogP contribution in [0.2, 0.25) is 0 Å². The number of likely N-dealkylation sites (N-methyl/N-ethyl adjacent to an activating group) is 2. The summed E-state index contributed by atoms with van der Waals surface area (Å²) in [5.74, 6) is -1.47. The van der Waals surface area contributed by atoms with Crippen LogP contribution in [-0.4, -0.2) is 181 Å². The highest BCUT2D eigenvalue weighted by molar-refractivity contribution is 5.70. The van der Waals surface area contributed by atoms with Gasteiger partial charge in [-0.2, -0.15) is 0 Å². The Kier molecular flexibility index (Phi) is 18.9. The molecule has 3 saturated heterocycles. The lowest BCUT2D eigenvalue weighted by atomic mass is 9.82. The van der Waals surface area contributed by atoms with Gasteiger partial charge in [0.2, 0.25) is 0 Å². The van der Waals surface area contributed by atoms with Gasteiger partial charge in [0.25, 0.3) is 0 Å². The molecule has 16 nitrogen and oxygen atoms in total. The first-order valence-corrected chi connectivity index (χ1v) is 21.3. The first kappa shape index (κ1) is 49.8. The highest BCUT2D eigenvalue weighted by Crippen LogP contribution is 2.37. The summed E-state index contributed by atoms with van der Waals surface area (Å²) >= 11 is 0. The summed E-state index contributed by atoms with van der Waals surface area (Å²) in [6.45, 7) is 10.8. The Hall–Kier alpha value is -1.90. The van der Waals surface area contributed by atoms with E-state index in [1.165, 1.54) is 14.0 Å². The number of allylic oxidation sites excluding steroid dienone is 2. The highest BCUT2D eigenvalue weighted by atomic mass is 16.7. The number of carbonyl (C=O) groups is 2. The Balaban J connectivity index is 1.66. The molecule has 4 N–H and O–H groups in total. The molecular weight excluding hydrogens is 768 g/mol. The first-order valence-electron chi connectivity index (χ1n) is 21.3. The molecule has 0 aromatic heterocycles. The summed E-state index contributed by atoms with van der Waals surface area (Å²) < 4.78 is 50.0. The Morgan fingerprint density at radius 1 is 0.864 bits per heavy atom. The SMILES string of the molecule is COC1C(O)CC(=O)OC(C)C/C=C/C=C/[C@@H](OC2CCC(N(C)C)C(C)O2)C(C)C[C@@H](CC=O)[C@@H]1O[C@H]1OC(C)[C@H](O[C@@H]2C[C@@](C)(O)C(O)C(C)O2)C(N(C)C)C1O. The van der Waals surface area contributed by atoms with Gasteiger partial charge in [-0.25, -0.2) is 0 Å². The molecule has 4 rings (SSSR count). The van der Waals surface area contributed by atoms with E-state index >= 15 is 0 Å². The molecule has 0 radical (unpaired) electrons. The molecule has 12 unspecified atom stereocenters. The number of methoxy groups -OCH3 is 1. The van der Waals surface area contributed by atoms with E-state index in [2.05, 4.69) is 4.90 Å². The predicted molar refractivity (Wildman–Crippen MR) is 217 cm³/mol. The Bertz CT molecular complexity index is 1370. The fraction of sp³-hybridized carbons (Fsp3) is 0.860. The normalized spacial score (nSPS) is 45.8. The molecule has 0 aromatic rings. The van der Waals surface area contributed by atoms with Gasteiger partial charge in [0, 0.05) is 32.4 Å². The monoisotopic (exact) mass is 843 g/mol. The molecule has 19 atom stereocenters. The molecule has 0 spiro atoms. The van der Waals surface area contributed by atoms with E-state index in [4.69, 9.17) is 37.9 Å². The van der Waals surface area contributed by atoms with E-state index in [9.17, 15) is 30.0 Å². The van der Waals surface area contributed by atoms with Crippen LogP contribution >= 0.6 is 0 Å². The largest absolute Gasteiger partial charge is 0.462 e. The number of aliphatic hydroxyl groups is 4. The van der Waals surface area contributed by atoms with Crippen molar-refractivity contribution < 1.29 is 67.9 Å².